The lowest BCUT2D eigenvalue weighted by Gasteiger charge is -2.18. The second-order valence-corrected chi connectivity index (χ2v) is 6.71. The Kier molecular flexibility index (Phi) is 3.37. The van der Waals surface area contributed by atoms with Gasteiger partial charge >= 0.3 is 0 Å². The minimum Gasteiger partial charge on any atom is -0.324 e. The van der Waals surface area contributed by atoms with Crippen molar-refractivity contribution in [3.63, 3.8) is 0 Å². The van der Waals surface area contributed by atoms with Crippen molar-refractivity contribution in [2.24, 2.45) is 11.7 Å². The standard InChI is InChI=1S/C11H12F3NO2S/c12-8-4-10(14)9(13)3-7(8)11(15)6-1-2-18(16,17)5-6/h3-4,6,11H,1-2,5,15H2. The van der Waals surface area contributed by atoms with Crippen LogP contribution in [0.4, 0.5) is 13.2 Å². The number of rotatable bonds is 2. The van der Waals surface area contributed by atoms with E-state index >= 15 is 0 Å². The summed E-state index contributed by atoms with van der Waals surface area (Å²) in [5.41, 5.74) is 5.56. The molecule has 7 heteroatoms. The highest BCUT2D eigenvalue weighted by Gasteiger charge is 2.34. The predicted octanol–water partition coefficient (Wildman–Crippen LogP) is 1.54. The van der Waals surface area contributed by atoms with Gasteiger partial charge in [0.05, 0.1) is 11.5 Å². The van der Waals surface area contributed by atoms with Crippen LogP contribution in [0.15, 0.2) is 12.1 Å². The summed E-state index contributed by atoms with van der Waals surface area (Å²) in [6.07, 6.45) is 0.307. The molecular weight excluding hydrogens is 267 g/mol. The number of benzene rings is 1. The first-order chi connectivity index (χ1) is 8.30. The summed E-state index contributed by atoms with van der Waals surface area (Å²) in [5.74, 6) is -4.05. The van der Waals surface area contributed by atoms with Crippen LogP contribution in [0, 0.1) is 23.4 Å². The van der Waals surface area contributed by atoms with Gasteiger partial charge in [0.15, 0.2) is 21.5 Å². The Hall–Kier alpha value is -1.08. The molecule has 1 saturated heterocycles. The average molecular weight is 279 g/mol. The lowest BCUT2D eigenvalue weighted by Crippen LogP contribution is -2.24. The van der Waals surface area contributed by atoms with Crippen molar-refractivity contribution in [3.8, 4) is 0 Å². The molecule has 3 nitrogen and oxygen atoms in total. The van der Waals surface area contributed by atoms with Gasteiger partial charge in [-0.2, -0.15) is 0 Å². The molecule has 0 amide bonds. The molecule has 1 heterocycles. The van der Waals surface area contributed by atoms with Crippen molar-refractivity contribution < 1.29 is 21.6 Å². The second-order valence-electron chi connectivity index (χ2n) is 4.48. The quantitative estimate of drug-likeness (QED) is 0.835. The molecule has 1 aromatic rings. The predicted molar refractivity (Wildman–Crippen MR) is 60.0 cm³/mol. The van der Waals surface area contributed by atoms with E-state index in [-0.39, 0.29) is 17.1 Å². The van der Waals surface area contributed by atoms with Crippen LogP contribution in [0.25, 0.3) is 0 Å². The third-order valence-corrected chi connectivity index (χ3v) is 4.97. The fourth-order valence-electron chi connectivity index (χ4n) is 2.15. The SMILES string of the molecule is NC(c1cc(F)c(F)cc1F)C1CCS(=O)(=O)C1. The molecule has 0 aliphatic carbocycles. The van der Waals surface area contributed by atoms with Gasteiger partial charge in [-0.25, -0.2) is 21.6 Å². The van der Waals surface area contributed by atoms with E-state index in [4.69, 9.17) is 5.73 Å². The van der Waals surface area contributed by atoms with E-state index in [1.807, 2.05) is 0 Å². The highest BCUT2D eigenvalue weighted by Crippen LogP contribution is 2.31. The van der Waals surface area contributed by atoms with Crippen molar-refractivity contribution in [1.29, 1.82) is 0 Å². The minimum absolute atomic E-state index is 0.00331. The smallest absolute Gasteiger partial charge is 0.161 e. The zero-order chi connectivity index (χ0) is 13.5. The Bertz CT molecular complexity index is 574. The van der Waals surface area contributed by atoms with E-state index in [1.54, 1.807) is 0 Å². The highest BCUT2D eigenvalue weighted by molar-refractivity contribution is 7.91. The Morgan fingerprint density at radius 2 is 1.78 bits per heavy atom. The summed E-state index contributed by atoms with van der Waals surface area (Å²) < 4.78 is 61.9. The van der Waals surface area contributed by atoms with E-state index in [2.05, 4.69) is 0 Å². The lowest BCUT2D eigenvalue weighted by molar-refractivity contribution is 0.442. The zero-order valence-electron chi connectivity index (χ0n) is 9.37. The Labute approximate surface area is 103 Å². The monoisotopic (exact) mass is 279 g/mol. The first-order valence-electron chi connectivity index (χ1n) is 5.40. The molecule has 0 bridgehead atoms. The molecule has 1 aliphatic rings. The van der Waals surface area contributed by atoms with Crippen molar-refractivity contribution in [3.05, 3.63) is 35.1 Å². The Morgan fingerprint density at radius 1 is 1.17 bits per heavy atom. The van der Waals surface area contributed by atoms with Crippen molar-refractivity contribution in [1.82, 2.24) is 0 Å². The first kappa shape index (κ1) is 13.4. The number of hydrogen-bond donors (Lipinski definition) is 1. The largest absolute Gasteiger partial charge is 0.324 e. The topological polar surface area (TPSA) is 60.2 Å². The molecular formula is C11H12F3NO2S. The molecule has 1 fully saturated rings. The van der Waals surface area contributed by atoms with E-state index in [0.29, 0.717) is 18.6 Å². The molecule has 2 unspecified atom stereocenters. The van der Waals surface area contributed by atoms with Gasteiger partial charge in [-0.05, 0) is 18.4 Å². The third kappa shape index (κ3) is 2.51. The molecule has 100 valence electrons. The highest BCUT2D eigenvalue weighted by atomic mass is 32.2. The maximum Gasteiger partial charge on any atom is 0.161 e. The second kappa shape index (κ2) is 4.55. The van der Waals surface area contributed by atoms with Crippen LogP contribution in [-0.2, 0) is 9.84 Å². The molecule has 0 radical (unpaired) electrons. The minimum atomic E-state index is -3.15. The van der Waals surface area contributed by atoms with Gasteiger partial charge in [0.1, 0.15) is 5.82 Å². The van der Waals surface area contributed by atoms with Crippen LogP contribution in [0.1, 0.15) is 18.0 Å². The fraction of sp³-hybridized carbons (Fsp3) is 0.455. The van der Waals surface area contributed by atoms with Crippen molar-refractivity contribution in [2.75, 3.05) is 11.5 Å². The number of halogens is 3. The summed E-state index contributed by atoms with van der Waals surface area (Å²) in [4.78, 5) is 0. The molecule has 0 spiro atoms. The molecule has 0 saturated carbocycles. The van der Waals surface area contributed by atoms with Gasteiger partial charge in [0.2, 0.25) is 0 Å². The zero-order valence-corrected chi connectivity index (χ0v) is 10.2. The van der Waals surface area contributed by atoms with Crippen LogP contribution in [0.5, 0.6) is 0 Å². The van der Waals surface area contributed by atoms with E-state index in [9.17, 15) is 21.6 Å². The van der Waals surface area contributed by atoms with Crippen molar-refractivity contribution >= 4 is 9.84 Å². The molecule has 18 heavy (non-hydrogen) atoms. The summed E-state index contributed by atoms with van der Waals surface area (Å²) in [5, 5.41) is 0. The van der Waals surface area contributed by atoms with Crippen LogP contribution in [0.2, 0.25) is 0 Å². The van der Waals surface area contributed by atoms with Crippen LogP contribution in [-0.4, -0.2) is 19.9 Å². The van der Waals surface area contributed by atoms with E-state index in [1.165, 1.54) is 0 Å². The number of sulfone groups is 1. The van der Waals surface area contributed by atoms with Gasteiger partial charge in [-0.1, -0.05) is 0 Å². The summed E-state index contributed by atoms with van der Waals surface area (Å²) >= 11 is 0. The van der Waals surface area contributed by atoms with E-state index in [0.717, 1.165) is 0 Å². The summed E-state index contributed by atoms with van der Waals surface area (Å²) in [7, 11) is -3.15. The van der Waals surface area contributed by atoms with Crippen LogP contribution < -0.4 is 5.73 Å². The molecule has 1 aromatic carbocycles. The van der Waals surface area contributed by atoms with Gasteiger partial charge in [0.25, 0.3) is 0 Å². The summed E-state index contributed by atoms with van der Waals surface area (Å²) in [6, 6.07) is 0.172. The summed E-state index contributed by atoms with van der Waals surface area (Å²) in [6.45, 7) is 0. The maximum absolute atomic E-state index is 13.5. The van der Waals surface area contributed by atoms with E-state index < -0.39 is 39.2 Å². The average Bonchev–Trinajstić information content (AvgIpc) is 2.63. The third-order valence-electron chi connectivity index (χ3n) is 3.17. The normalized spacial score (nSPS) is 24.1. The van der Waals surface area contributed by atoms with Gasteiger partial charge in [-0.15, -0.1) is 0 Å². The van der Waals surface area contributed by atoms with Crippen LogP contribution >= 0.6 is 0 Å². The molecule has 2 rings (SSSR count). The van der Waals surface area contributed by atoms with Gasteiger partial charge in [0, 0.05) is 17.7 Å². The molecule has 2 N–H and O–H groups in total. The van der Waals surface area contributed by atoms with Gasteiger partial charge < -0.3 is 5.73 Å². The Morgan fingerprint density at radius 3 is 2.33 bits per heavy atom. The molecule has 1 aliphatic heterocycles. The lowest BCUT2D eigenvalue weighted by atomic mass is 9.93. The Balaban J connectivity index is 2.30. The van der Waals surface area contributed by atoms with Crippen molar-refractivity contribution in [2.45, 2.75) is 12.5 Å². The first-order valence-corrected chi connectivity index (χ1v) is 7.23. The van der Waals surface area contributed by atoms with Gasteiger partial charge in [-0.3, -0.25) is 0 Å². The van der Waals surface area contributed by atoms with Crippen LogP contribution in [0.3, 0.4) is 0 Å². The molecule has 2 atom stereocenters. The number of nitrogens with two attached hydrogens (primary N) is 1. The fourth-order valence-corrected chi connectivity index (χ4v) is 4.01. The molecule has 0 aromatic heterocycles. The maximum atomic E-state index is 13.5. The number of hydrogen-bond acceptors (Lipinski definition) is 3.